The molecule has 7 heteroatoms. The summed E-state index contributed by atoms with van der Waals surface area (Å²) in [6, 6.07) is 8.13. The van der Waals surface area contributed by atoms with Crippen LogP contribution in [0.5, 0.6) is 0 Å². The van der Waals surface area contributed by atoms with Crippen LogP contribution in [-0.4, -0.2) is 53.9 Å². The molecule has 1 aromatic heterocycles. The van der Waals surface area contributed by atoms with E-state index in [1.54, 1.807) is 11.3 Å². The van der Waals surface area contributed by atoms with Crippen LogP contribution in [0.4, 0.5) is 0 Å². The number of hydrogen-bond acceptors (Lipinski definition) is 5. The van der Waals surface area contributed by atoms with Crippen molar-refractivity contribution in [1.29, 1.82) is 0 Å². The monoisotopic (exact) mass is 362 g/mol. The summed E-state index contributed by atoms with van der Waals surface area (Å²) in [4.78, 5) is 30.3. The fraction of sp³-hybridized carbons (Fsp3) is 0.500. The second-order valence-corrected chi connectivity index (χ2v) is 7.32. The first-order valence-corrected chi connectivity index (χ1v) is 9.42. The van der Waals surface area contributed by atoms with E-state index < -0.39 is 0 Å². The summed E-state index contributed by atoms with van der Waals surface area (Å²) in [5.74, 6) is -0.126. The third-order valence-corrected chi connectivity index (χ3v) is 4.73. The van der Waals surface area contributed by atoms with E-state index in [1.807, 2.05) is 43.9 Å². The first-order valence-electron chi connectivity index (χ1n) is 8.60. The third kappa shape index (κ3) is 6.43. The lowest BCUT2D eigenvalue weighted by Gasteiger charge is -2.20. The molecule has 0 aliphatic heterocycles. The number of fused-ring (bicyclic) bond motifs is 1. The predicted molar refractivity (Wildman–Crippen MR) is 102 cm³/mol. The van der Waals surface area contributed by atoms with Gasteiger partial charge in [0.15, 0.2) is 0 Å². The van der Waals surface area contributed by atoms with E-state index in [0.717, 1.165) is 15.2 Å². The fourth-order valence-electron chi connectivity index (χ4n) is 2.44. The Morgan fingerprint density at radius 3 is 2.60 bits per heavy atom. The Morgan fingerprint density at radius 2 is 1.92 bits per heavy atom. The largest absolute Gasteiger partial charge is 0.355 e. The van der Waals surface area contributed by atoms with Crippen molar-refractivity contribution >= 4 is 33.4 Å². The molecule has 25 heavy (non-hydrogen) atoms. The van der Waals surface area contributed by atoms with Gasteiger partial charge in [0, 0.05) is 19.0 Å². The standard InChI is InChI=1S/C18H26N4O2S/c1-4-22(12-17(24)20-13(2)3)11-16(23)19-10-9-18-21-14-7-5-6-8-15(14)25-18/h5-8,13H,4,9-12H2,1-3H3,(H,19,23)(H,20,24). The average Bonchev–Trinajstić information content (AvgIpc) is 2.96. The van der Waals surface area contributed by atoms with Gasteiger partial charge >= 0.3 is 0 Å². The summed E-state index contributed by atoms with van der Waals surface area (Å²) in [5.41, 5.74) is 1.00. The van der Waals surface area contributed by atoms with E-state index in [9.17, 15) is 9.59 Å². The van der Waals surface area contributed by atoms with Crippen LogP contribution in [0.15, 0.2) is 24.3 Å². The summed E-state index contributed by atoms with van der Waals surface area (Å²) in [6.07, 6.45) is 0.713. The van der Waals surface area contributed by atoms with Crippen LogP contribution in [0.3, 0.4) is 0 Å². The molecule has 0 spiro atoms. The maximum atomic E-state index is 12.1. The quantitative estimate of drug-likeness (QED) is 0.713. The lowest BCUT2D eigenvalue weighted by atomic mass is 10.3. The van der Waals surface area contributed by atoms with Gasteiger partial charge in [-0.1, -0.05) is 19.1 Å². The van der Waals surface area contributed by atoms with E-state index in [2.05, 4.69) is 21.7 Å². The molecule has 0 aliphatic rings. The molecular formula is C18H26N4O2S. The summed E-state index contributed by atoms with van der Waals surface area (Å²) in [5, 5.41) is 6.77. The molecule has 2 aromatic rings. The molecule has 2 rings (SSSR count). The number of aromatic nitrogens is 1. The van der Waals surface area contributed by atoms with E-state index in [4.69, 9.17) is 0 Å². The van der Waals surface area contributed by atoms with Gasteiger partial charge < -0.3 is 10.6 Å². The summed E-state index contributed by atoms with van der Waals surface area (Å²) in [6.45, 7) is 7.44. The van der Waals surface area contributed by atoms with Crippen molar-refractivity contribution in [1.82, 2.24) is 20.5 Å². The highest BCUT2D eigenvalue weighted by Crippen LogP contribution is 2.21. The van der Waals surface area contributed by atoms with Gasteiger partial charge in [0.05, 0.1) is 28.3 Å². The highest BCUT2D eigenvalue weighted by molar-refractivity contribution is 7.18. The van der Waals surface area contributed by atoms with E-state index >= 15 is 0 Å². The minimum absolute atomic E-state index is 0.0564. The topological polar surface area (TPSA) is 74.3 Å². The molecular weight excluding hydrogens is 336 g/mol. The first-order chi connectivity index (χ1) is 12.0. The third-order valence-electron chi connectivity index (χ3n) is 3.63. The molecule has 0 bridgehead atoms. The Bertz CT molecular complexity index is 681. The molecule has 6 nitrogen and oxygen atoms in total. The van der Waals surface area contributed by atoms with Gasteiger partial charge in [-0.05, 0) is 32.5 Å². The Balaban J connectivity index is 1.74. The number of nitrogens with zero attached hydrogens (tertiary/aromatic N) is 2. The molecule has 0 saturated carbocycles. The van der Waals surface area contributed by atoms with Crippen LogP contribution in [0.2, 0.25) is 0 Å². The van der Waals surface area contributed by atoms with Crippen molar-refractivity contribution in [3.8, 4) is 0 Å². The van der Waals surface area contributed by atoms with E-state index in [-0.39, 0.29) is 30.9 Å². The number of thiazole rings is 1. The number of hydrogen-bond donors (Lipinski definition) is 2. The van der Waals surface area contributed by atoms with Crippen molar-refractivity contribution in [2.75, 3.05) is 26.2 Å². The molecule has 0 atom stereocenters. The van der Waals surface area contributed by atoms with Crippen LogP contribution >= 0.6 is 11.3 Å². The highest BCUT2D eigenvalue weighted by atomic mass is 32.1. The van der Waals surface area contributed by atoms with Gasteiger partial charge in [-0.2, -0.15) is 0 Å². The number of nitrogens with one attached hydrogen (secondary N) is 2. The average molecular weight is 362 g/mol. The molecule has 0 aliphatic carbocycles. The lowest BCUT2D eigenvalue weighted by Crippen LogP contribution is -2.44. The predicted octanol–water partition coefficient (Wildman–Crippen LogP) is 1.80. The number of carbonyl (C=O) groups is 2. The van der Waals surface area contributed by atoms with Crippen molar-refractivity contribution in [3.05, 3.63) is 29.3 Å². The number of rotatable bonds is 9. The Hall–Kier alpha value is -1.99. The SMILES string of the molecule is CCN(CC(=O)NCCc1nc2ccccc2s1)CC(=O)NC(C)C. The molecule has 1 aromatic carbocycles. The summed E-state index contributed by atoms with van der Waals surface area (Å²) >= 11 is 1.66. The van der Waals surface area contributed by atoms with Crippen LogP contribution in [0.25, 0.3) is 10.2 Å². The zero-order chi connectivity index (χ0) is 18.2. The minimum Gasteiger partial charge on any atom is -0.355 e. The molecule has 136 valence electrons. The zero-order valence-electron chi connectivity index (χ0n) is 15.0. The summed E-state index contributed by atoms with van der Waals surface area (Å²) in [7, 11) is 0. The minimum atomic E-state index is -0.0692. The molecule has 0 fully saturated rings. The molecule has 0 saturated heterocycles. The van der Waals surface area contributed by atoms with Crippen molar-refractivity contribution in [2.24, 2.45) is 0 Å². The lowest BCUT2D eigenvalue weighted by molar-refractivity contribution is -0.125. The van der Waals surface area contributed by atoms with Gasteiger partial charge in [0.1, 0.15) is 0 Å². The van der Waals surface area contributed by atoms with E-state index in [0.29, 0.717) is 19.5 Å². The first kappa shape index (κ1) is 19.3. The normalized spacial score (nSPS) is 11.2. The van der Waals surface area contributed by atoms with Crippen LogP contribution in [0.1, 0.15) is 25.8 Å². The maximum absolute atomic E-state index is 12.1. The fourth-order valence-corrected chi connectivity index (χ4v) is 3.41. The zero-order valence-corrected chi connectivity index (χ0v) is 15.9. The molecule has 2 amide bonds. The number of amides is 2. The summed E-state index contributed by atoms with van der Waals surface area (Å²) < 4.78 is 1.16. The van der Waals surface area contributed by atoms with Crippen LogP contribution < -0.4 is 10.6 Å². The van der Waals surface area contributed by atoms with Crippen molar-refractivity contribution < 1.29 is 9.59 Å². The molecule has 0 radical (unpaired) electrons. The van der Waals surface area contributed by atoms with Gasteiger partial charge in [0.25, 0.3) is 0 Å². The number of carbonyl (C=O) groups excluding carboxylic acids is 2. The van der Waals surface area contributed by atoms with Crippen LogP contribution in [0, 0.1) is 0 Å². The van der Waals surface area contributed by atoms with Gasteiger partial charge in [-0.15, -0.1) is 11.3 Å². The van der Waals surface area contributed by atoms with Gasteiger partial charge in [0.2, 0.25) is 11.8 Å². The number of likely N-dealkylation sites (N-methyl/N-ethyl adjacent to an activating group) is 1. The second kappa shape index (κ2) is 9.48. The van der Waals surface area contributed by atoms with E-state index in [1.165, 1.54) is 0 Å². The number of benzene rings is 1. The Kier molecular flexibility index (Phi) is 7.33. The molecule has 2 N–H and O–H groups in total. The van der Waals surface area contributed by atoms with Gasteiger partial charge in [-0.25, -0.2) is 4.98 Å². The number of para-hydroxylation sites is 1. The molecule has 1 heterocycles. The van der Waals surface area contributed by atoms with Crippen molar-refractivity contribution in [3.63, 3.8) is 0 Å². The van der Waals surface area contributed by atoms with Crippen LogP contribution in [-0.2, 0) is 16.0 Å². The van der Waals surface area contributed by atoms with Gasteiger partial charge in [-0.3, -0.25) is 14.5 Å². The Labute approximate surface area is 152 Å². The highest BCUT2D eigenvalue weighted by Gasteiger charge is 2.13. The Morgan fingerprint density at radius 1 is 1.20 bits per heavy atom. The second-order valence-electron chi connectivity index (χ2n) is 6.20. The maximum Gasteiger partial charge on any atom is 0.234 e. The smallest absolute Gasteiger partial charge is 0.234 e. The molecule has 0 unspecified atom stereocenters. The van der Waals surface area contributed by atoms with Crippen molar-refractivity contribution in [2.45, 2.75) is 33.2 Å².